The van der Waals surface area contributed by atoms with Gasteiger partial charge in [0.2, 0.25) is 0 Å². The molecule has 0 radical (unpaired) electrons. The van der Waals surface area contributed by atoms with Crippen LogP contribution in [0.3, 0.4) is 0 Å². The van der Waals surface area contributed by atoms with E-state index in [0.717, 1.165) is 43.7 Å². The third kappa shape index (κ3) is 1.98. The third-order valence-electron chi connectivity index (χ3n) is 2.97. The molecule has 0 saturated carbocycles. The number of halogens is 1. The van der Waals surface area contributed by atoms with Gasteiger partial charge < -0.3 is 10.6 Å². The molecule has 78 valence electrons. The van der Waals surface area contributed by atoms with Crippen molar-refractivity contribution in [2.45, 2.75) is 12.8 Å². The number of piperidine rings is 1. The molecule has 1 fully saturated rings. The Labute approximate surface area is 84.3 Å². The molecule has 2 aliphatic rings. The molecule has 0 amide bonds. The minimum absolute atomic E-state index is 0.344. The lowest BCUT2D eigenvalue weighted by Gasteiger charge is -2.28. The second-order valence-corrected chi connectivity index (χ2v) is 3.88. The van der Waals surface area contributed by atoms with Gasteiger partial charge in [0, 0.05) is 23.7 Å². The van der Waals surface area contributed by atoms with Gasteiger partial charge in [0.1, 0.15) is 6.67 Å². The van der Waals surface area contributed by atoms with E-state index in [1.165, 1.54) is 0 Å². The van der Waals surface area contributed by atoms with Gasteiger partial charge in [0.05, 0.1) is 0 Å². The van der Waals surface area contributed by atoms with E-state index in [1.54, 1.807) is 0 Å². The Morgan fingerprint density at radius 2 is 2.14 bits per heavy atom. The normalized spacial score (nSPS) is 23.8. The van der Waals surface area contributed by atoms with Gasteiger partial charge >= 0.3 is 0 Å². The summed E-state index contributed by atoms with van der Waals surface area (Å²) in [6.07, 6.45) is 6.16. The van der Waals surface area contributed by atoms with Crippen LogP contribution in [0.4, 0.5) is 4.39 Å². The first-order chi connectivity index (χ1) is 6.92. The highest BCUT2D eigenvalue weighted by molar-refractivity contribution is 5.31. The summed E-state index contributed by atoms with van der Waals surface area (Å²) in [5.41, 5.74) is 2.00. The fraction of sp³-hybridized carbons (Fsp3) is 0.636. The average molecular weight is 196 g/mol. The number of nitrogens with one attached hydrogen (secondary N) is 2. The van der Waals surface area contributed by atoms with Crippen LogP contribution >= 0.6 is 0 Å². The van der Waals surface area contributed by atoms with Crippen LogP contribution in [-0.4, -0.2) is 26.3 Å². The van der Waals surface area contributed by atoms with Crippen molar-refractivity contribution < 1.29 is 4.39 Å². The summed E-state index contributed by atoms with van der Waals surface area (Å²) in [5, 5.41) is 6.64. The molecule has 3 heteroatoms. The quantitative estimate of drug-likeness (QED) is 0.697. The number of allylic oxidation sites excluding steroid dienone is 3. The van der Waals surface area contributed by atoms with Gasteiger partial charge in [0.25, 0.3) is 0 Å². The number of hydrogen-bond acceptors (Lipinski definition) is 2. The second kappa shape index (κ2) is 4.60. The van der Waals surface area contributed by atoms with Gasteiger partial charge in [-0.15, -0.1) is 0 Å². The summed E-state index contributed by atoms with van der Waals surface area (Å²) < 4.78 is 12.7. The van der Waals surface area contributed by atoms with E-state index in [-0.39, 0.29) is 6.67 Å². The van der Waals surface area contributed by atoms with Crippen molar-refractivity contribution in [1.82, 2.24) is 10.6 Å². The molecule has 0 aromatic rings. The topological polar surface area (TPSA) is 24.1 Å². The van der Waals surface area contributed by atoms with Crippen molar-refractivity contribution in [2.24, 2.45) is 5.92 Å². The van der Waals surface area contributed by atoms with E-state index >= 15 is 0 Å². The Bertz CT molecular complexity index is 252. The molecule has 2 aliphatic heterocycles. The van der Waals surface area contributed by atoms with Crippen LogP contribution in [0.25, 0.3) is 0 Å². The standard InChI is InChI=1S/C11H17FN2/c12-8-10-2-1-5-14-11(10)9-3-6-13-7-4-9/h1-2,9,13-14H,3-8H2. The molecule has 0 bridgehead atoms. The number of dihydropyridines is 1. The van der Waals surface area contributed by atoms with E-state index in [0.29, 0.717) is 5.92 Å². The smallest absolute Gasteiger partial charge is 0.116 e. The number of rotatable bonds is 2. The van der Waals surface area contributed by atoms with Crippen LogP contribution in [0.15, 0.2) is 23.4 Å². The zero-order valence-electron chi connectivity index (χ0n) is 8.35. The van der Waals surface area contributed by atoms with Gasteiger partial charge in [-0.3, -0.25) is 0 Å². The molecule has 2 N–H and O–H groups in total. The van der Waals surface area contributed by atoms with Crippen molar-refractivity contribution in [3.05, 3.63) is 23.4 Å². The molecule has 2 rings (SSSR count). The van der Waals surface area contributed by atoms with E-state index in [1.807, 2.05) is 12.2 Å². The van der Waals surface area contributed by atoms with E-state index in [2.05, 4.69) is 10.6 Å². The van der Waals surface area contributed by atoms with Gasteiger partial charge in [-0.25, -0.2) is 4.39 Å². The molecule has 1 saturated heterocycles. The second-order valence-electron chi connectivity index (χ2n) is 3.88. The summed E-state index contributed by atoms with van der Waals surface area (Å²) >= 11 is 0. The highest BCUT2D eigenvalue weighted by Crippen LogP contribution is 2.24. The molecule has 0 atom stereocenters. The predicted octanol–water partition coefficient (Wildman–Crippen LogP) is 1.37. The zero-order valence-corrected chi connectivity index (χ0v) is 8.35. The van der Waals surface area contributed by atoms with Crippen molar-refractivity contribution in [1.29, 1.82) is 0 Å². The van der Waals surface area contributed by atoms with Gasteiger partial charge in [-0.2, -0.15) is 0 Å². The zero-order chi connectivity index (χ0) is 9.80. The Hall–Kier alpha value is -0.830. The van der Waals surface area contributed by atoms with Crippen LogP contribution in [0, 0.1) is 5.92 Å². The summed E-state index contributed by atoms with van der Waals surface area (Å²) in [4.78, 5) is 0. The summed E-state index contributed by atoms with van der Waals surface area (Å²) in [6, 6.07) is 0. The average Bonchev–Trinajstić information content (AvgIpc) is 2.30. The number of hydrogen-bond donors (Lipinski definition) is 2. The van der Waals surface area contributed by atoms with Crippen LogP contribution in [0.2, 0.25) is 0 Å². The molecule has 2 nitrogen and oxygen atoms in total. The monoisotopic (exact) mass is 196 g/mol. The highest BCUT2D eigenvalue weighted by Gasteiger charge is 2.20. The van der Waals surface area contributed by atoms with Crippen molar-refractivity contribution >= 4 is 0 Å². The summed E-state index contributed by atoms with van der Waals surface area (Å²) in [5.74, 6) is 0.534. The summed E-state index contributed by atoms with van der Waals surface area (Å²) in [7, 11) is 0. The SMILES string of the molecule is FCC1=C(C2CCNCC2)NCC=C1. The molecular formula is C11H17FN2. The molecule has 0 spiro atoms. The van der Waals surface area contributed by atoms with E-state index < -0.39 is 0 Å². The molecule has 2 heterocycles. The lowest BCUT2D eigenvalue weighted by atomic mass is 9.90. The van der Waals surface area contributed by atoms with Crippen LogP contribution in [0.5, 0.6) is 0 Å². The maximum atomic E-state index is 12.7. The van der Waals surface area contributed by atoms with Crippen molar-refractivity contribution in [3.63, 3.8) is 0 Å². The summed E-state index contributed by atoms with van der Waals surface area (Å²) in [6.45, 7) is 2.61. The lowest BCUT2D eigenvalue weighted by molar-refractivity contribution is 0.397. The Morgan fingerprint density at radius 1 is 1.36 bits per heavy atom. The minimum Gasteiger partial charge on any atom is -0.384 e. The van der Waals surface area contributed by atoms with Gasteiger partial charge in [-0.1, -0.05) is 12.2 Å². The highest BCUT2D eigenvalue weighted by atomic mass is 19.1. The van der Waals surface area contributed by atoms with E-state index in [4.69, 9.17) is 0 Å². The molecular weight excluding hydrogens is 179 g/mol. The minimum atomic E-state index is -0.344. The molecule has 0 unspecified atom stereocenters. The maximum Gasteiger partial charge on any atom is 0.116 e. The fourth-order valence-corrected chi connectivity index (χ4v) is 2.21. The maximum absolute atomic E-state index is 12.7. The first kappa shape index (κ1) is 9.71. The molecule has 0 aromatic heterocycles. The van der Waals surface area contributed by atoms with Gasteiger partial charge in [0.15, 0.2) is 0 Å². The fourth-order valence-electron chi connectivity index (χ4n) is 2.21. The third-order valence-corrected chi connectivity index (χ3v) is 2.97. The lowest BCUT2D eigenvalue weighted by Crippen LogP contribution is -2.34. The Kier molecular flexibility index (Phi) is 3.19. The van der Waals surface area contributed by atoms with Crippen LogP contribution in [0.1, 0.15) is 12.8 Å². The van der Waals surface area contributed by atoms with Crippen molar-refractivity contribution in [2.75, 3.05) is 26.3 Å². The molecule has 14 heavy (non-hydrogen) atoms. The Balaban J connectivity index is 2.12. The molecule has 0 aliphatic carbocycles. The first-order valence-corrected chi connectivity index (χ1v) is 5.32. The van der Waals surface area contributed by atoms with Gasteiger partial charge in [-0.05, 0) is 25.9 Å². The Morgan fingerprint density at radius 3 is 2.86 bits per heavy atom. The first-order valence-electron chi connectivity index (χ1n) is 5.32. The van der Waals surface area contributed by atoms with Crippen LogP contribution < -0.4 is 10.6 Å². The van der Waals surface area contributed by atoms with Crippen LogP contribution in [-0.2, 0) is 0 Å². The van der Waals surface area contributed by atoms with Crippen molar-refractivity contribution in [3.8, 4) is 0 Å². The molecule has 0 aromatic carbocycles. The predicted molar refractivity (Wildman–Crippen MR) is 55.7 cm³/mol. The largest absolute Gasteiger partial charge is 0.384 e. The number of alkyl halides is 1. The van der Waals surface area contributed by atoms with E-state index in [9.17, 15) is 4.39 Å².